The average Bonchev–Trinajstić information content (AvgIpc) is 3.15. The van der Waals surface area contributed by atoms with Crippen LogP contribution in [0.5, 0.6) is 11.6 Å². The van der Waals surface area contributed by atoms with Crippen LogP contribution < -0.4 is 19.7 Å². The first-order valence-corrected chi connectivity index (χ1v) is 9.66. The quantitative estimate of drug-likeness (QED) is 0.619. The van der Waals surface area contributed by atoms with Gasteiger partial charge in [0.15, 0.2) is 17.2 Å². The van der Waals surface area contributed by atoms with Gasteiger partial charge in [0, 0.05) is 11.3 Å². The molecule has 156 valence electrons. The molecular weight excluding hydrogens is 391 g/mol. The van der Waals surface area contributed by atoms with E-state index in [1.54, 1.807) is 16.9 Å². The summed E-state index contributed by atoms with van der Waals surface area (Å²) < 4.78 is 27.5. The molecule has 0 fully saturated rings. The lowest BCUT2D eigenvalue weighted by Gasteiger charge is -2.35. The fourth-order valence-corrected chi connectivity index (χ4v) is 3.65. The first-order chi connectivity index (χ1) is 14.5. The summed E-state index contributed by atoms with van der Waals surface area (Å²) in [7, 11) is 0. The van der Waals surface area contributed by atoms with Gasteiger partial charge in [-0.3, -0.25) is 0 Å². The molecule has 0 unspecified atom stereocenters. The first-order valence-electron chi connectivity index (χ1n) is 9.66. The van der Waals surface area contributed by atoms with E-state index in [0.717, 1.165) is 11.8 Å². The van der Waals surface area contributed by atoms with Crippen molar-refractivity contribution >= 4 is 17.2 Å². The topological polar surface area (TPSA) is 97.0 Å². The molecule has 0 aromatic carbocycles. The SMILES string of the molecule is C=C1NC[C@@H](CO)Oc2ncc(F)cc2CN2c3nc4c1cnn4cc3OC[C@H]2C. The first kappa shape index (κ1) is 18.6. The highest BCUT2D eigenvalue weighted by Crippen LogP contribution is 2.35. The molecule has 0 spiro atoms. The lowest BCUT2D eigenvalue weighted by atomic mass is 10.2. The van der Waals surface area contributed by atoms with Gasteiger partial charge in [0.1, 0.15) is 18.5 Å². The van der Waals surface area contributed by atoms with Crippen molar-refractivity contribution in [3.05, 3.63) is 48.2 Å². The Morgan fingerprint density at radius 2 is 2.27 bits per heavy atom. The third kappa shape index (κ3) is 3.09. The number of halogens is 1. The van der Waals surface area contributed by atoms with Crippen molar-refractivity contribution in [2.45, 2.75) is 25.6 Å². The van der Waals surface area contributed by atoms with Gasteiger partial charge in [0.25, 0.3) is 0 Å². The van der Waals surface area contributed by atoms with Crippen LogP contribution in [0.3, 0.4) is 0 Å². The molecule has 2 aliphatic rings. The molecule has 9 nitrogen and oxygen atoms in total. The van der Waals surface area contributed by atoms with Crippen molar-refractivity contribution in [1.29, 1.82) is 0 Å². The van der Waals surface area contributed by atoms with Crippen molar-refractivity contribution in [3.63, 3.8) is 0 Å². The molecule has 30 heavy (non-hydrogen) atoms. The van der Waals surface area contributed by atoms with Gasteiger partial charge in [0.2, 0.25) is 5.88 Å². The summed E-state index contributed by atoms with van der Waals surface area (Å²) in [4.78, 5) is 11.0. The number of pyridine rings is 1. The molecule has 2 aliphatic heterocycles. The van der Waals surface area contributed by atoms with Crippen molar-refractivity contribution in [2.75, 3.05) is 24.7 Å². The van der Waals surface area contributed by atoms with E-state index in [1.165, 1.54) is 6.07 Å². The van der Waals surface area contributed by atoms with E-state index < -0.39 is 11.9 Å². The Morgan fingerprint density at radius 1 is 1.40 bits per heavy atom. The van der Waals surface area contributed by atoms with Gasteiger partial charge in [-0.05, 0) is 13.0 Å². The number of aliphatic hydroxyl groups is 1. The number of ether oxygens (including phenoxy) is 2. The van der Waals surface area contributed by atoms with Crippen LogP contribution in [0.4, 0.5) is 10.2 Å². The highest BCUT2D eigenvalue weighted by molar-refractivity contribution is 5.75. The third-order valence-corrected chi connectivity index (χ3v) is 5.31. The van der Waals surface area contributed by atoms with E-state index in [0.29, 0.717) is 41.6 Å². The predicted octanol–water partition coefficient (Wildman–Crippen LogP) is 1.36. The minimum atomic E-state index is -0.598. The zero-order valence-electron chi connectivity index (χ0n) is 16.4. The zero-order chi connectivity index (χ0) is 20.8. The molecule has 3 aromatic heterocycles. The highest BCUT2D eigenvalue weighted by atomic mass is 19.1. The number of hydrogen-bond donors (Lipinski definition) is 2. The van der Waals surface area contributed by atoms with Crippen LogP contribution in [0.15, 0.2) is 31.2 Å². The van der Waals surface area contributed by atoms with E-state index in [4.69, 9.17) is 14.5 Å². The minimum absolute atomic E-state index is 0.0185. The van der Waals surface area contributed by atoms with Gasteiger partial charge in [-0.2, -0.15) is 5.10 Å². The fraction of sp³-hybridized carbons (Fsp3) is 0.350. The van der Waals surface area contributed by atoms with Gasteiger partial charge in [-0.1, -0.05) is 6.58 Å². The van der Waals surface area contributed by atoms with Crippen molar-refractivity contribution in [2.24, 2.45) is 0 Å². The van der Waals surface area contributed by atoms with Gasteiger partial charge in [-0.25, -0.2) is 18.9 Å². The number of aliphatic hydroxyl groups excluding tert-OH is 1. The fourth-order valence-electron chi connectivity index (χ4n) is 3.65. The van der Waals surface area contributed by atoms with Crippen LogP contribution in [0.25, 0.3) is 11.3 Å². The smallest absolute Gasteiger partial charge is 0.218 e. The molecule has 2 atom stereocenters. The number of rotatable bonds is 1. The van der Waals surface area contributed by atoms with E-state index in [2.05, 4.69) is 22.0 Å². The molecule has 0 aliphatic carbocycles. The number of nitrogens with zero attached hydrogens (tertiary/aromatic N) is 5. The Kier molecular flexibility index (Phi) is 4.43. The molecule has 2 bridgehead atoms. The Hall–Kier alpha value is -3.40. The van der Waals surface area contributed by atoms with Crippen LogP contribution in [-0.4, -0.2) is 56.6 Å². The van der Waals surface area contributed by atoms with Crippen LogP contribution >= 0.6 is 0 Å². The van der Waals surface area contributed by atoms with Gasteiger partial charge in [0.05, 0.1) is 49.9 Å². The third-order valence-electron chi connectivity index (χ3n) is 5.31. The maximum atomic E-state index is 14.0. The van der Waals surface area contributed by atoms with Crippen molar-refractivity contribution in [3.8, 4) is 11.6 Å². The molecule has 0 amide bonds. The summed E-state index contributed by atoms with van der Waals surface area (Å²) in [5, 5.41) is 17.3. The molecule has 0 saturated carbocycles. The standard InChI is InChI=1S/C20H21FN6O3/c1-11-10-29-17-8-27-18-16(6-24-27)12(2)22-5-15(9-28)30-20-13(3-14(21)4-23-20)7-26(11)19(17)25-18/h3-4,6,8,11,15,22,28H,2,5,7,9-10H2,1H3/t11-,15+/m1/s1. The summed E-state index contributed by atoms with van der Waals surface area (Å²) in [5.74, 6) is 1.02. The van der Waals surface area contributed by atoms with Gasteiger partial charge >= 0.3 is 0 Å². The molecule has 0 radical (unpaired) electrons. The summed E-state index contributed by atoms with van der Waals surface area (Å²) >= 11 is 0. The minimum Gasteiger partial charge on any atom is -0.486 e. The van der Waals surface area contributed by atoms with Crippen molar-refractivity contribution in [1.82, 2.24) is 24.9 Å². The second kappa shape index (κ2) is 7.13. The Labute approximate surface area is 171 Å². The number of hydrogen-bond acceptors (Lipinski definition) is 8. The van der Waals surface area contributed by atoms with Crippen LogP contribution in [-0.2, 0) is 6.54 Å². The number of anilines is 1. The normalized spacial score (nSPS) is 21.0. The number of aromatic nitrogens is 4. The van der Waals surface area contributed by atoms with Crippen molar-refractivity contribution < 1.29 is 19.0 Å². The number of fused-ring (bicyclic) bond motifs is 1. The second-order valence-electron chi connectivity index (χ2n) is 7.44. The monoisotopic (exact) mass is 412 g/mol. The lowest BCUT2D eigenvalue weighted by Crippen LogP contribution is -2.41. The highest BCUT2D eigenvalue weighted by Gasteiger charge is 2.29. The van der Waals surface area contributed by atoms with Gasteiger partial charge in [-0.15, -0.1) is 0 Å². The molecule has 3 aromatic rings. The maximum Gasteiger partial charge on any atom is 0.218 e. The molecule has 0 saturated heterocycles. The zero-order valence-corrected chi connectivity index (χ0v) is 16.4. The molecular formula is C20H21FN6O3. The second-order valence-corrected chi connectivity index (χ2v) is 7.44. The summed E-state index contributed by atoms with van der Waals surface area (Å²) in [5.41, 5.74) is 2.50. The number of nitrogens with one attached hydrogen (secondary N) is 1. The maximum absolute atomic E-state index is 14.0. The Balaban J connectivity index is 1.69. The Bertz CT molecular complexity index is 1130. The molecule has 5 rings (SSSR count). The van der Waals surface area contributed by atoms with E-state index >= 15 is 0 Å². The molecule has 10 heteroatoms. The largest absolute Gasteiger partial charge is 0.486 e. The Morgan fingerprint density at radius 3 is 3.10 bits per heavy atom. The van der Waals surface area contributed by atoms with E-state index in [9.17, 15) is 9.50 Å². The lowest BCUT2D eigenvalue weighted by molar-refractivity contribution is 0.112. The van der Waals surface area contributed by atoms with Crippen LogP contribution in [0.1, 0.15) is 18.1 Å². The summed E-state index contributed by atoms with van der Waals surface area (Å²) in [6.45, 7) is 6.88. The molecule has 5 heterocycles. The van der Waals surface area contributed by atoms with E-state index in [-0.39, 0.29) is 25.1 Å². The summed E-state index contributed by atoms with van der Waals surface area (Å²) in [6.07, 6.45) is 3.97. The van der Waals surface area contributed by atoms with Crippen LogP contribution in [0, 0.1) is 5.82 Å². The predicted molar refractivity (Wildman–Crippen MR) is 107 cm³/mol. The average molecular weight is 412 g/mol. The van der Waals surface area contributed by atoms with Crippen LogP contribution in [0.2, 0.25) is 0 Å². The molecule has 2 N–H and O–H groups in total. The van der Waals surface area contributed by atoms with E-state index in [1.807, 2.05) is 11.8 Å². The summed E-state index contributed by atoms with van der Waals surface area (Å²) in [6, 6.07) is 1.38. The van der Waals surface area contributed by atoms with Gasteiger partial charge < -0.3 is 24.8 Å².